The van der Waals surface area contributed by atoms with Crippen LogP contribution < -0.4 is 5.73 Å². The number of fused-ring (bicyclic) bond motifs is 1. The first kappa shape index (κ1) is 14.8. The van der Waals surface area contributed by atoms with Crippen molar-refractivity contribution in [2.75, 3.05) is 32.7 Å². The van der Waals surface area contributed by atoms with Gasteiger partial charge in [-0.3, -0.25) is 0 Å². The third-order valence-electron chi connectivity index (χ3n) is 3.29. The standard InChI is InChI=1S/C15H23N3O2/c1-12-5-6-14-13(11-12)17-15(16)18(14)7-3-4-8-20-10-9-19-2/h5-6,11H,3-4,7-10H2,1-2H3,(H2,16,17). The maximum Gasteiger partial charge on any atom is 0.201 e. The number of anilines is 1. The van der Waals surface area contributed by atoms with Crippen LogP contribution in [0.2, 0.25) is 0 Å². The highest BCUT2D eigenvalue weighted by atomic mass is 16.5. The molecule has 0 aliphatic rings. The van der Waals surface area contributed by atoms with E-state index in [0.29, 0.717) is 19.2 Å². The van der Waals surface area contributed by atoms with Crippen molar-refractivity contribution in [1.82, 2.24) is 9.55 Å². The Kier molecular flexibility index (Phi) is 5.38. The topological polar surface area (TPSA) is 62.3 Å². The van der Waals surface area contributed by atoms with Crippen LogP contribution in [0, 0.1) is 6.92 Å². The van der Waals surface area contributed by atoms with Crippen molar-refractivity contribution in [3.8, 4) is 0 Å². The average Bonchev–Trinajstić information content (AvgIpc) is 2.73. The lowest BCUT2D eigenvalue weighted by atomic mass is 10.2. The van der Waals surface area contributed by atoms with E-state index in [2.05, 4.69) is 34.7 Å². The molecule has 0 saturated heterocycles. The van der Waals surface area contributed by atoms with E-state index in [9.17, 15) is 0 Å². The number of aromatic nitrogens is 2. The van der Waals surface area contributed by atoms with Gasteiger partial charge in [0.1, 0.15) is 0 Å². The molecule has 1 heterocycles. The van der Waals surface area contributed by atoms with Gasteiger partial charge < -0.3 is 19.8 Å². The van der Waals surface area contributed by atoms with Gasteiger partial charge in [0.25, 0.3) is 0 Å². The number of imidazole rings is 1. The molecule has 0 amide bonds. The number of benzene rings is 1. The van der Waals surface area contributed by atoms with Crippen molar-refractivity contribution in [3.63, 3.8) is 0 Å². The van der Waals surface area contributed by atoms with E-state index in [4.69, 9.17) is 15.2 Å². The van der Waals surface area contributed by atoms with Gasteiger partial charge in [-0.2, -0.15) is 0 Å². The molecule has 5 nitrogen and oxygen atoms in total. The molecule has 0 radical (unpaired) electrons. The number of aryl methyl sites for hydroxylation is 2. The minimum Gasteiger partial charge on any atom is -0.382 e. The number of nitrogen functional groups attached to an aromatic ring is 1. The molecule has 0 spiro atoms. The summed E-state index contributed by atoms with van der Waals surface area (Å²) < 4.78 is 12.4. The van der Waals surface area contributed by atoms with E-state index in [0.717, 1.165) is 37.0 Å². The van der Waals surface area contributed by atoms with E-state index < -0.39 is 0 Å². The molecule has 1 aromatic heterocycles. The first-order chi connectivity index (χ1) is 9.72. The lowest BCUT2D eigenvalue weighted by molar-refractivity contribution is 0.0684. The predicted molar refractivity (Wildman–Crippen MR) is 80.8 cm³/mol. The monoisotopic (exact) mass is 277 g/mol. The largest absolute Gasteiger partial charge is 0.382 e. The maximum absolute atomic E-state index is 5.99. The van der Waals surface area contributed by atoms with Crippen LogP contribution in [0.5, 0.6) is 0 Å². The highest BCUT2D eigenvalue weighted by Gasteiger charge is 2.07. The summed E-state index contributed by atoms with van der Waals surface area (Å²) in [6.45, 7) is 5.00. The Balaban J connectivity index is 1.85. The van der Waals surface area contributed by atoms with Crippen molar-refractivity contribution < 1.29 is 9.47 Å². The Morgan fingerprint density at radius 1 is 1.20 bits per heavy atom. The van der Waals surface area contributed by atoms with Crippen LogP contribution in [0.15, 0.2) is 18.2 Å². The summed E-state index contributed by atoms with van der Waals surface area (Å²) in [6, 6.07) is 6.24. The third kappa shape index (κ3) is 3.71. The fourth-order valence-corrected chi connectivity index (χ4v) is 2.21. The lowest BCUT2D eigenvalue weighted by Crippen LogP contribution is -2.06. The molecule has 2 rings (SSSR count). The van der Waals surface area contributed by atoms with Crippen LogP contribution in [-0.2, 0) is 16.0 Å². The van der Waals surface area contributed by atoms with Gasteiger partial charge in [-0.05, 0) is 37.5 Å². The van der Waals surface area contributed by atoms with Gasteiger partial charge in [0, 0.05) is 20.3 Å². The fourth-order valence-electron chi connectivity index (χ4n) is 2.21. The van der Waals surface area contributed by atoms with Gasteiger partial charge in [0.2, 0.25) is 5.95 Å². The van der Waals surface area contributed by atoms with E-state index in [1.54, 1.807) is 7.11 Å². The Hall–Kier alpha value is -1.59. The van der Waals surface area contributed by atoms with Gasteiger partial charge in [-0.25, -0.2) is 4.98 Å². The first-order valence-electron chi connectivity index (χ1n) is 7.01. The summed E-state index contributed by atoms with van der Waals surface area (Å²) in [4.78, 5) is 4.41. The molecule has 0 bridgehead atoms. The zero-order chi connectivity index (χ0) is 14.4. The van der Waals surface area contributed by atoms with E-state index in [1.165, 1.54) is 5.56 Å². The summed E-state index contributed by atoms with van der Waals surface area (Å²) in [5.74, 6) is 0.589. The van der Waals surface area contributed by atoms with Crippen LogP contribution in [0.4, 0.5) is 5.95 Å². The summed E-state index contributed by atoms with van der Waals surface area (Å²) in [6.07, 6.45) is 2.03. The zero-order valence-corrected chi connectivity index (χ0v) is 12.3. The van der Waals surface area contributed by atoms with Crippen LogP contribution in [-0.4, -0.2) is 36.5 Å². The number of ether oxygens (including phenoxy) is 2. The number of methoxy groups -OCH3 is 1. The average molecular weight is 277 g/mol. The Morgan fingerprint density at radius 3 is 2.85 bits per heavy atom. The van der Waals surface area contributed by atoms with Crippen LogP contribution in [0.25, 0.3) is 11.0 Å². The number of rotatable bonds is 8. The van der Waals surface area contributed by atoms with Crippen LogP contribution in [0.3, 0.4) is 0 Å². The Labute approximate surface area is 119 Å². The minimum absolute atomic E-state index is 0.589. The summed E-state index contributed by atoms with van der Waals surface area (Å²) in [7, 11) is 1.68. The SMILES string of the molecule is COCCOCCCCn1c(N)nc2cc(C)ccc21. The maximum atomic E-state index is 5.99. The fraction of sp³-hybridized carbons (Fsp3) is 0.533. The molecule has 0 atom stereocenters. The van der Waals surface area contributed by atoms with Gasteiger partial charge in [0.15, 0.2) is 0 Å². The Morgan fingerprint density at radius 2 is 2.05 bits per heavy atom. The normalized spacial score (nSPS) is 11.3. The predicted octanol–water partition coefficient (Wildman–Crippen LogP) is 2.37. The van der Waals surface area contributed by atoms with E-state index in [-0.39, 0.29) is 0 Å². The molecule has 20 heavy (non-hydrogen) atoms. The van der Waals surface area contributed by atoms with Crippen molar-refractivity contribution in [2.45, 2.75) is 26.3 Å². The van der Waals surface area contributed by atoms with Crippen LogP contribution >= 0.6 is 0 Å². The van der Waals surface area contributed by atoms with E-state index in [1.807, 2.05) is 0 Å². The second-order valence-electron chi connectivity index (χ2n) is 4.93. The second-order valence-corrected chi connectivity index (χ2v) is 4.93. The first-order valence-corrected chi connectivity index (χ1v) is 7.01. The summed E-state index contributed by atoms with van der Waals surface area (Å²) in [5, 5.41) is 0. The smallest absolute Gasteiger partial charge is 0.201 e. The highest BCUT2D eigenvalue weighted by Crippen LogP contribution is 2.19. The van der Waals surface area contributed by atoms with Crippen molar-refractivity contribution in [1.29, 1.82) is 0 Å². The van der Waals surface area contributed by atoms with Crippen molar-refractivity contribution in [3.05, 3.63) is 23.8 Å². The molecular formula is C15H23N3O2. The van der Waals surface area contributed by atoms with Crippen LogP contribution in [0.1, 0.15) is 18.4 Å². The Bertz CT molecular complexity index is 551. The molecule has 0 saturated carbocycles. The highest BCUT2D eigenvalue weighted by molar-refractivity contribution is 5.79. The second kappa shape index (κ2) is 7.26. The van der Waals surface area contributed by atoms with Crippen molar-refractivity contribution in [2.24, 2.45) is 0 Å². The molecule has 110 valence electrons. The van der Waals surface area contributed by atoms with Gasteiger partial charge in [-0.1, -0.05) is 6.07 Å². The van der Waals surface area contributed by atoms with Crippen molar-refractivity contribution >= 4 is 17.0 Å². The molecule has 0 aliphatic heterocycles. The number of hydrogen-bond donors (Lipinski definition) is 1. The molecule has 5 heteroatoms. The molecule has 1 aromatic carbocycles. The number of nitrogens with two attached hydrogens (primary N) is 1. The zero-order valence-electron chi connectivity index (χ0n) is 12.3. The number of nitrogens with zero attached hydrogens (tertiary/aromatic N) is 2. The third-order valence-corrected chi connectivity index (χ3v) is 3.29. The molecule has 0 unspecified atom stereocenters. The minimum atomic E-state index is 0.589. The van der Waals surface area contributed by atoms with Gasteiger partial charge in [0.05, 0.1) is 24.2 Å². The molecular weight excluding hydrogens is 254 g/mol. The van der Waals surface area contributed by atoms with Gasteiger partial charge in [-0.15, -0.1) is 0 Å². The van der Waals surface area contributed by atoms with Gasteiger partial charge >= 0.3 is 0 Å². The number of unbranched alkanes of at least 4 members (excludes halogenated alkanes) is 1. The quantitative estimate of drug-likeness (QED) is 0.752. The lowest BCUT2D eigenvalue weighted by Gasteiger charge is -2.07. The molecule has 2 aromatic rings. The summed E-state index contributed by atoms with van der Waals surface area (Å²) >= 11 is 0. The van der Waals surface area contributed by atoms with E-state index >= 15 is 0 Å². The molecule has 0 fully saturated rings. The molecule has 2 N–H and O–H groups in total. The summed E-state index contributed by atoms with van der Waals surface area (Å²) in [5.41, 5.74) is 9.27. The molecule has 0 aliphatic carbocycles. The number of hydrogen-bond acceptors (Lipinski definition) is 4.